The van der Waals surface area contributed by atoms with Gasteiger partial charge in [0.25, 0.3) is 0 Å². The summed E-state index contributed by atoms with van der Waals surface area (Å²) in [5.41, 5.74) is -0.172. The topological polar surface area (TPSA) is 52.6 Å². The van der Waals surface area contributed by atoms with Gasteiger partial charge in [0, 0.05) is 0 Å². The number of carbonyl (C=O) groups excluding carboxylic acids is 2. The van der Waals surface area contributed by atoms with Crippen molar-refractivity contribution >= 4 is 43.8 Å². The average molecular weight is 438 g/mol. The quantitative estimate of drug-likeness (QED) is 0.499. The van der Waals surface area contributed by atoms with Gasteiger partial charge in [-0.05, 0) is 61.2 Å². The third-order valence-corrected chi connectivity index (χ3v) is 8.73. The van der Waals surface area contributed by atoms with Crippen LogP contribution in [0.4, 0.5) is 0 Å². The highest BCUT2D eigenvalue weighted by Crippen LogP contribution is 2.69. The van der Waals surface area contributed by atoms with E-state index in [4.69, 9.17) is 9.47 Å². The predicted molar refractivity (Wildman–Crippen MR) is 89.0 cm³/mol. The molecule has 0 spiro atoms. The smallest absolute Gasteiger partial charge is 0.320 e. The second-order valence-corrected chi connectivity index (χ2v) is 9.29. The molecule has 0 aromatic carbocycles. The van der Waals surface area contributed by atoms with Gasteiger partial charge < -0.3 is 9.47 Å². The molecule has 4 aliphatic rings. The number of alkyl halides is 2. The molecule has 0 amide bonds. The molecule has 0 aromatic rings. The molecule has 6 heteroatoms. The average Bonchev–Trinajstić information content (AvgIpc) is 2.50. The molecule has 4 aliphatic carbocycles. The van der Waals surface area contributed by atoms with E-state index in [-0.39, 0.29) is 32.4 Å². The maximum absolute atomic E-state index is 12.1. The highest BCUT2D eigenvalue weighted by Gasteiger charge is 2.63. The predicted octanol–water partition coefficient (Wildman–Crippen LogP) is 3.45. The van der Waals surface area contributed by atoms with Crippen LogP contribution in [0.3, 0.4) is 0 Å². The van der Waals surface area contributed by atoms with Crippen LogP contribution in [-0.4, -0.2) is 35.8 Å². The van der Waals surface area contributed by atoms with Crippen molar-refractivity contribution in [2.24, 2.45) is 22.7 Å². The van der Waals surface area contributed by atoms with Crippen LogP contribution in [0.15, 0.2) is 0 Å². The fourth-order valence-electron chi connectivity index (χ4n) is 5.71. The van der Waals surface area contributed by atoms with Gasteiger partial charge in [-0.1, -0.05) is 31.9 Å². The Morgan fingerprint density at radius 3 is 1.59 bits per heavy atom. The SMILES string of the molecule is COC(=O)[C@@H](Br)C12CC3CC(C1)CC([C@@H](Br)C(=O)OC)(C3)C2. The van der Waals surface area contributed by atoms with E-state index in [0.29, 0.717) is 11.8 Å². The van der Waals surface area contributed by atoms with Gasteiger partial charge in [-0.2, -0.15) is 0 Å². The molecule has 0 radical (unpaired) electrons. The molecule has 4 atom stereocenters. The molecule has 4 bridgehead atoms. The summed E-state index contributed by atoms with van der Waals surface area (Å²) in [4.78, 5) is 23.7. The normalized spacial score (nSPS) is 41.8. The van der Waals surface area contributed by atoms with Crippen LogP contribution in [0.25, 0.3) is 0 Å². The molecule has 0 aromatic heterocycles. The lowest BCUT2D eigenvalue weighted by Gasteiger charge is -2.63. The van der Waals surface area contributed by atoms with Gasteiger partial charge >= 0.3 is 11.9 Å². The molecule has 0 heterocycles. The third kappa shape index (κ3) is 2.45. The second-order valence-electron chi connectivity index (χ2n) is 7.46. The van der Waals surface area contributed by atoms with Crippen molar-refractivity contribution in [1.82, 2.24) is 0 Å². The second kappa shape index (κ2) is 5.76. The van der Waals surface area contributed by atoms with Crippen molar-refractivity contribution in [3.05, 3.63) is 0 Å². The third-order valence-electron chi connectivity index (χ3n) is 6.04. The van der Waals surface area contributed by atoms with Crippen LogP contribution in [0, 0.1) is 22.7 Å². The molecule has 4 rings (SSSR count). The van der Waals surface area contributed by atoms with Crippen molar-refractivity contribution in [2.75, 3.05) is 14.2 Å². The van der Waals surface area contributed by atoms with E-state index in [1.165, 1.54) is 20.6 Å². The first-order valence-electron chi connectivity index (χ1n) is 7.79. The number of methoxy groups -OCH3 is 2. The van der Waals surface area contributed by atoms with E-state index < -0.39 is 0 Å². The van der Waals surface area contributed by atoms with Gasteiger partial charge in [0.15, 0.2) is 0 Å². The molecule has 124 valence electrons. The molecule has 4 saturated carbocycles. The highest BCUT2D eigenvalue weighted by molar-refractivity contribution is 9.10. The van der Waals surface area contributed by atoms with Crippen molar-refractivity contribution < 1.29 is 19.1 Å². The van der Waals surface area contributed by atoms with Gasteiger partial charge in [0.2, 0.25) is 0 Å². The van der Waals surface area contributed by atoms with Crippen LogP contribution >= 0.6 is 31.9 Å². The van der Waals surface area contributed by atoms with Crippen LogP contribution in [0.2, 0.25) is 0 Å². The van der Waals surface area contributed by atoms with Gasteiger partial charge in [0.05, 0.1) is 14.2 Å². The number of esters is 2. The molecule has 4 nitrogen and oxygen atoms in total. The standard InChI is InChI=1S/C16H22Br2O4/c1-21-13(19)11(17)15-4-9-3-10(5-15)7-16(6-9,8-15)12(18)14(20)22-2/h9-12H,3-8H2,1-2H3/t9?,10?,11-,12+,15?,16?. The van der Waals surface area contributed by atoms with E-state index >= 15 is 0 Å². The number of carbonyl (C=O) groups is 2. The molecule has 22 heavy (non-hydrogen) atoms. The summed E-state index contributed by atoms with van der Waals surface area (Å²) < 4.78 is 9.95. The van der Waals surface area contributed by atoms with E-state index in [1.807, 2.05) is 0 Å². The molecule has 0 aliphatic heterocycles. The summed E-state index contributed by atoms with van der Waals surface area (Å²) >= 11 is 7.23. The maximum Gasteiger partial charge on any atom is 0.320 e. The number of ether oxygens (including phenoxy) is 2. The van der Waals surface area contributed by atoms with Gasteiger partial charge in [-0.3, -0.25) is 9.59 Å². The zero-order valence-corrected chi connectivity index (χ0v) is 16.1. The Morgan fingerprint density at radius 2 is 1.27 bits per heavy atom. The first kappa shape index (κ1) is 16.7. The Balaban J connectivity index is 1.93. The van der Waals surface area contributed by atoms with Gasteiger partial charge in [-0.15, -0.1) is 0 Å². The van der Waals surface area contributed by atoms with E-state index in [1.54, 1.807) is 0 Å². The lowest BCUT2D eigenvalue weighted by molar-refractivity contribution is -0.159. The summed E-state index contributed by atoms with van der Waals surface area (Å²) in [6, 6.07) is 0. The van der Waals surface area contributed by atoms with Crippen molar-refractivity contribution in [3.8, 4) is 0 Å². The first-order valence-corrected chi connectivity index (χ1v) is 9.63. The zero-order chi connectivity index (χ0) is 16.1. The largest absolute Gasteiger partial charge is 0.468 e. The molecule has 0 N–H and O–H groups in total. The molecular formula is C16H22Br2O4. The van der Waals surface area contributed by atoms with E-state index in [0.717, 1.165) is 32.1 Å². The number of hydrogen-bond acceptors (Lipinski definition) is 4. The van der Waals surface area contributed by atoms with E-state index in [9.17, 15) is 9.59 Å². The minimum Gasteiger partial charge on any atom is -0.468 e. The Hall–Kier alpha value is -0.100. The Bertz CT molecular complexity index is 439. The summed E-state index contributed by atoms with van der Waals surface area (Å²) in [6.45, 7) is 0. The van der Waals surface area contributed by atoms with Crippen molar-refractivity contribution in [2.45, 2.75) is 48.2 Å². The van der Waals surface area contributed by atoms with Crippen LogP contribution in [-0.2, 0) is 19.1 Å². The summed E-state index contributed by atoms with van der Waals surface area (Å²) in [5, 5.41) is 0. The number of hydrogen-bond donors (Lipinski definition) is 0. The van der Waals surface area contributed by atoms with Gasteiger partial charge in [-0.25, -0.2) is 0 Å². The summed E-state index contributed by atoms with van der Waals surface area (Å²) in [6.07, 6.45) is 6.32. The zero-order valence-electron chi connectivity index (χ0n) is 12.9. The van der Waals surface area contributed by atoms with Crippen LogP contribution < -0.4 is 0 Å². The van der Waals surface area contributed by atoms with Crippen LogP contribution in [0.1, 0.15) is 38.5 Å². The molecular weight excluding hydrogens is 416 g/mol. The summed E-state index contributed by atoms with van der Waals surface area (Å²) in [7, 11) is 2.88. The first-order chi connectivity index (χ1) is 10.4. The minimum atomic E-state index is -0.285. The Labute approximate surface area is 147 Å². The Morgan fingerprint density at radius 1 is 0.909 bits per heavy atom. The fourth-order valence-corrected chi connectivity index (χ4v) is 7.15. The Kier molecular flexibility index (Phi) is 4.39. The minimum absolute atomic E-state index is 0.0861. The van der Waals surface area contributed by atoms with Crippen LogP contribution in [0.5, 0.6) is 0 Å². The molecule has 2 unspecified atom stereocenters. The lowest BCUT2D eigenvalue weighted by Crippen LogP contribution is -2.60. The monoisotopic (exact) mass is 436 g/mol. The van der Waals surface area contributed by atoms with Gasteiger partial charge in [0.1, 0.15) is 9.65 Å². The van der Waals surface area contributed by atoms with E-state index in [2.05, 4.69) is 31.9 Å². The number of rotatable bonds is 4. The molecule has 0 saturated heterocycles. The fraction of sp³-hybridized carbons (Fsp3) is 0.875. The van der Waals surface area contributed by atoms with Crippen molar-refractivity contribution in [3.63, 3.8) is 0 Å². The maximum atomic E-state index is 12.1. The highest BCUT2D eigenvalue weighted by atomic mass is 79.9. The number of halogens is 2. The molecule has 4 fully saturated rings. The summed E-state index contributed by atoms with van der Waals surface area (Å²) in [5.74, 6) is 0.800. The lowest BCUT2D eigenvalue weighted by atomic mass is 9.43. The van der Waals surface area contributed by atoms with Crippen molar-refractivity contribution in [1.29, 1.82) is 0 Å².